The first-order chi connectivity index (χ1) is 12.0. The molecule has 0 aliphatic heterocycles. The Bertz CT molecular complexity index is 957. The van der Waals surface area contributed by atoms with E-state index in [-0.39, 0.29) is 57.5 Å². The predicted molar refractivity (Wildman–Crippen MR) is 89.4 cm³/mol. The van der Waals surface area contributed by atoms with Crippen molar-refractivity contribution in [3.8, 4) is 5.75 Å². The van der Waals surface area contributed by atoms with Crippen LogP contribution in [0.5, 0.6) is 5.75 Å². The van der Waals surface area contributed by atoms with Crippen molar-refractivity contribution in [1.82, 2.24) is 0 Å². The van der Waals surface area contributed by atoms with Gasteiger partial charge in [0, 0.05) is 28.7 Å². The zero-order chi connectivity index (χ0) is 17.9. The number of aliphatic hydroxyl groups is 1. The van der Waals surface area contributed by atoms with Gasteiger partial charge < -0.3 is 9.84 Å². The maximum absolute atomic E-state index is 13.1. The average molecular weight is 336 g/mol. The van der Waals surface area contributed by atoms with E-state index >= 15 is 0 Å². The Hall–Kier alpha value is -2.79. The van der Waals surface area contributed by atoms with Crippen LogP contribution in [0, 0.1) is 5.92 Å². The lowest BCUT2D eigenvalue weighted by molar-refractivity contribution is 0.0745. The molecule has 5 nitrogen and oxygen atoms in total. The molecule has 2 aromatic carbocycles. The lowest BCUT2D eigenvalue weighted by Gasteiger charge is -2.30. The normalized spacial score (nSPS) is 21.5. The molecule has 1 N–H and O–H groups in total. The fraction of sp³-hybridized carbons (Fsp3) is 0.250. The van der Waals surface area contributed by atoms with Crippen LogP contribution in [0.15, 0.2) is 30.3 Å². The summed E-state index contributed by atoms with van der Waals surface area (Å²) in [5.74, 6) is -0.822. The Morgan fingerprint density at radius 1 is 0.960 bits per heavy atom. The van der Waals surface area contributed by atoms with E-state index < -0.39 is 6.10 Å². The first-order valence-electron chi connectivity index (χ1n) is 8.10. The minimum absolute atomic E-state index is 0.110. The second kappa shape index (κ2) is 5.36. The van der Waals surface area contributed by atoms with Gasteiger partial charge in [0.15, 0.2) is 17.3 Å². The highest BCUT2D eigenvalue weighted by Crippen LogP contribution is 2.41. The number of ether oxygens (including phenoxy) is 1. The van der Waals surface area contributed by atoms with Crippen LogP contribution in [-0.2, 0) is 0 Å². The van der Waals surface area contributed by atoms with Gasteiger partial charge in [0.05, 0.1) is 18.8 Å². The van der Waals surface area contributed by atoms with Gasteiger partial charge in [-0.3, -0.25) is 14.4 Å². The van der Waals surface area contributed by atoms with Crippen molar-refractivity contribution < 1.29 is 24.2 Å². The fourth-order valence-electron chi connectivity index (χ4n) is 3.80. The van der Waals surface area contributed by atoms with Crippen molar-refractivity contribution in [1.29, 1.82) is 0 Å². The standard InChI is InChI=1S/C20H16O5/c1-9-8-13(21)15-11(18(9)22)6-7-12-17(15)20(24)10-4-3-5-14(25-2)16(10)19(12)23/h3-7,9,18,22H,8H2,1-2H3. The summed E-state index contributed by atoms with van der Waals surface area (Å²) in [4.78, 5) is 38.7. The third-order valence-electron chi connectivity index (χ3n) is 5.07. The molecule has 2 aromatic rings. The minimum atomic E-state index is -0.826. The highest BCUT2D eigenvalue weighted by Gasteiger charge is 2.40. The summed E-state index contributed by atoms with van der Waals surface area (Å²) in [5, 5.41) is 10.4. The molecule has 0 aromatic heterocycles. The number of aliphatic hydroxyl groups excluding tert-OH is 1. The largest absolute Gasteiger partial charge is 0.496 e. The molecule has 0 saturated carbocycles. The van der Waals surface area contributed by atoms with Gasteiger partial charge in [-0.2, -0.15) is 0 Å². The van der Waals surface area contributed by atoms with Crippen molar-refractivity contribution in [3.05, 3.63) is 63.7 Å². The second-order valence-corrected chi connectivity index (χ2v) is 6.54. The molecule has 0 fully saturated rings. The molecule has 2 aliphatic rings. The van der Waals surface area contributed by atoms with Crippen LogP contribution in [-0.4, -0.2) is 29.6 Å². The molecule has 0 heterocycles. The SMILES string of the molecule is COc1cccc2c1C(=O)c1ccc3c(c1C2=O)C(=O)CC(C)C3O. The van der Waals surface area contributed by atoms with Crippen LogP contribution in [0.1, 0.15) is 67.2 Å². The van der Waals surface area contributed by atoms with Crippen molar-refractivity contribution >= 4 is 17.3 Å². The highest BCUT2D eigenvalue weighted by molar-refractivity contribution is 6.32. The Kier molecular flexibility index (Phi) is 3.37. The summed E-state index contributed by atoms with van der Waals surface area (Å²) in [5.41, 5.74) is 1.37. The second-order valence-electron chi connectivity index (χ2n) is 6.54. The Morgan fingerprint density at radius 3 is 2.36 bits per heavy atom. The third-order valence-corrected chi connectivity index (χ3v) is 5.07. The number of Topliss-reactive ketones (excluding diaryl/α,β-unsaturated/α-hetero) is 1. The van der Waals surface area contributed by atoms with Crippen LogP contribution in [0.3, 0.4) is 0 Å². The van der Waals surface area contributed by atoms with E-state index in [1.807, 2.05) is 0 Å². The monoisotopic (exact) mass is 336 g/mol. The van der Waals surface area contributed by atoms with Gasteiger partial charge in [-0.05, 0) is 23.6 Å². The average Bonchev–Trinajstić information content (AvgIpc) is 2.62. The lowest BCUT2D eigenvalue weighted by atomic mass is 9.73. The van der Waals surface area contributed by atoms with E-state index in [2.05, 4.69) is 0 Å². The van der Waals surface area contributed by atoms with E-state index in [0.717, 1.165) is 0 Å². The molecule has 0 radical (unpaired) electrons. The van der Waals surface area contributed by atoms with Crippen LogP contribution in [0.25, 0.3) is 0 Å². The predicted octanol–water partition coefficient (Wildman–Crippen LogP) is 2.73. The number of carbonyl (C=O) groups is 3. The molecule has 4 rings (SSSR count). The number of carbonyl (C=O) groups excluding carboxylic acids is 3. The van der Waals surface area contributed by atoms with Gasteiger partial charge in [-0.1, -0.05) is 25.1 Å². The van der Waals surface area contributed by atoms with Crippen molar-refractivity contribution in [3.63, 3.8) is 0 Å². The molecule has 2 aliphatic carbocycles. The maximum atomic E-state index is 13.1. The summed E-state index contributed by atoms with van der Waals surface area (Å²) in [6.07, 6.45) is -0.676. The number of hydrogen-bond acceptors (Lipinski definition) is 5. The molecule has 126 valence electrons. The van der Waals surface area contributed by atoms with Crippen molar-refractivity contribution in [2.75, 3.05) is 7.11 Å². The summed E-state index contributed by atoms with van der Waals surface area (Å²) >= 11 is 0. The van der Waals surface area contributed by atoms with Gasteiger partial charge in [0.25, 0.3) is 0 Å². The fourth-order valence-corrected chi connectivity index (χ4v) is 3.80. The molecule has 0 amide bonds. The van der Waals surface area contributed by atoms with Gasteiger partial charge in [-0.25, -0.2) is 0 Å². The smallest absolute Gasteiger partial charge is 0.198 e. The van der Waals surface area contributed by atoms with E-state index in [1.165, 1.54) is 13.2 Å². The van der Waals surface area contributed by atoms with Crippen LogP contribution in [0.4, 0.5) is 0 Å². The Labute approximate surface area is 144 Å². The summed E-state index contributed by atoms with van der Waals surface area (Å²) in [7, 11) is 1.44. The maximum Gasteiger partial charge on any atom is 0.198 e. The topological polar surface area (TPSA) is 80.7 Å². The summed E-state index contributed by atoms with van der Waals surface area (Å²) < 4.78 is 5.23. The number of rotatable bonds is 1. The van der Waals surface area contributed by atoms with Gasteiger partial charge in [0.2, 0.25) is 0 Å². The highest BCUT2D eigenvalue weighted by atomic mass is 16.5. The number of fused-ring (bicyclic) bond motifs is 4. The van der Waals surface area contributed by atoms with Crippen molar-refractivity contribution in [2.24, 2.45) is 5.92 Å². The van der Waals surface area contributed by atoms with Crippen LogP contribution in [0.2, 0.25) is 0 Å². The molecular weight excluding hydrogens is 320 g/mol. The van der Waals surface area contributed by atoms with E-state index in [9.17, 15) is 19.5 Å². The van der Waals surface area contributed by atoms with E-state index in [0.29, 0.717) is 11.3 Å². The number of ketones is 3. The van der Waals surface area contributed by atoms with Crippen molar-refractivity contribution in [2.45, 2.75) is 19.4 Å². The van der Waals surface area contributed by atoms with Gasteiger partial charge in [0.1, 0.15) is 5.75 Å². The molecule has 5 heteroatoms. The number of hydrogen-bond donors (Lipinski definition) is 1. The Balaban J connectivity index is 2.03. The molecular formula is C20H16O5. The lowest BCUT2D eigenvalue weighted by Crippen LogP contribution is -2.30. The van der Waals surface area contributed by atoms with E-state index in [1.54, 1.807) is 31.2 Å². The molecule has 0 spiro atoms. The number of methoxy groups -OCH3 is 1. The molecule has 0 bridgehead atoms. The first kappa shape index (κ1) is 15.7. The van der Waals surface area contributed by atoms with Gasteiger partial charge in [-0.15, -0.1) is 0 Å². The first-order valence-corrected chi connectivity index (χ1v) is 8.10. The summed E-state index contributed by atoms with van der Waals surface area (Å²) in [6.45, 7) is 1.79. The molecule has 25 heavy (non-hydrogen) atoms. The molecule has 0 saturated heterocycles. The third kappa shape index (κ3) is 2.02. The molecule has 2 atom stereocenters. The summed E-state index contributed by atoms with van der Waals surface area (Å²) in [6, 6.07) is 7.94. The van der Waals surface area contributed by atoms with Crippen LogP contribution < -0.4 is 4.74 Å². The van der Waals surface area contributed by atoms with Crippen LogP contribution >= 0.6 is 0 Å². The zero-order valence-electron chi connectivity index (χ0n) is 13.8. The van der Waals surface area contributed by atoms with E-state index in [4.69, 9.17) is 4.74 Å². The zero-order valence-corrected chi connectivity index (χ0v) is 13.8. The molecule has 2 unspecified atom stereocenters. The number of benzene rings is 2. The Morgan fingerprint density at radius 2 is 1.64 bits per heavy atom. The quantitative estimate of drug-likeness (QED) is 0.739. The minimum Gasteiger partial charge on any atom is -0.496 e. The van der Waals surface area contributed by atoms with Gasteiger partial charge >= 0.3 is 0 Å².